The summed E-state index contributed by atoms with van der Waals surface area (Å²) in [4.78, 5) is 4.38. The number of hydrogen-bond donors (Lipinski definition) is 2. The Morgan fingerprint density at radius 3 is 2.52 bits per heavy atom. The first kappa shape index (κ1) is 20.3. The molecule has 0 aliphatic carbocycles. The van der Waals surface area contributed by atoms with Gasteiger partial charge in [-0.1, -0.05) is 26.0 Å². The molecule has 2 aliphatic heterocycles. The zero-order valence-corrected chi connectivity index (χ0v) is 17.9. The van der Waals surface area contributed by atoms with E-state index in [0.717, 1.165) is 31.1 Å². The average Bonchev–Trinajstić information content (AvgIpc) is 3.21. The first-order valence-electron chi connectivity index (χ1n) is 8.79. The van der Waals surface area contributed by atoms with Crippen LogP contribution in [-0.4, -0.2) is 44.9 Å². The number of benzene rings is 1. The second-order valence-electron chi connectivity index (χ2n) is 7.40. The summed E-state index contributed by atoms with van der Waals surface area (Å²) in [7, 11) is 3.51. The monoisotopic (exact) mass is 459 g/mol. The summed E-state index contributed by atoms with van der Waals surface area (Å²) in [6.07, 6.45) is 4.26. The molecule has 2 fully saturated rings. The zero-order chi connectivity index (χ0) is 17.2. The molecule has 0 aromatic heterocycles. The van der Waals surface area contributed by atoms with Crippen molar-refractivity contribution in [3.63, 3.8) is 0 Å². The van der Waals surface area contributed by atoms with Crippen molar-refractivity contribution in [2.75, 3.05) is 20.7 Å². The number of nitrogens with zero attached hydrogens (tertiary/aromatic N) is 1. The maximum absolute atomic E-state index is 5.91. The van der Waals surface area contributed by atoms with Crippen LogP contribution < -0.4 is 15.4 Å². The molecule has 2 heterocycles. The SMILES string of the molecule is CN=C(NCC(C)(C)c1ccc(OC)cc1)NC1CC2CCC1O2.I. The molecular formula is C19H30IN3O2. The van der Waals surface area contributed by atoms with Gasteiger partial charge in [0.1, 0.15) is 5.75 Å². The normalized spacial score (nSPS) is 25.4. The molecule has 3 unspecified atom stereocenters. The van der Waals surface area contributed by atoms with E-state index < -0.39 is 0 Å². The fourth-order valence-corrected chi connectivity index (χ4v) is 3.61. The standard InChI is InChI=1S/C19H29N3O2.HI/c1-19(2,13-5-7-14(23-4)8-6-13)12-21-18(20-3)22-16-11-15-9-10-17(16)24-15;/h5-8,15-17H,9-12H2,1-4H3,(H2,20,21,22);1H. The number of fused-ring (bicyclic) bond motifs is 2. The fourth-order valence-electron chi connectivity index (χ4n) is 3.61. The van der Waals surface area contributed by atoms with Gasteiger partial charge in [0.25, 0.3) is 0 Å². The maximum atomic E-state index is 5.91. The highest BCUT2D eigenvalue weighted by molar-refractivity contribution is 14.0. The van der Waals surface area contributed by atoms with Crippen LogP contribution in [0.15, 0.2) is 29.3 Å². The van der Waals surface area contributed by atoms with Gasteiger partial charge in [0.2, 0.25) is 0 Å². The number of hydrogen-bond acceptors (Lipinski definition) is 3. The molecule has 25 heavy (non-hydrogen) atoms. The van der Waals surface area contributed by atoms with Crippen molar-refractivity contribution in [1.29, 1.82) is 0 Å². The third-order valence-electron chi connectivity index (χ3n) is 5.22. The molecule has 5 nitrogen and oxygen atoms in total. The number of nitrogens with one attached hydrogen (secondary N) is 2. The topological polar surface area (TPSA) is 54.9 Å². The summed E-state index contributed by atoms with van der Waals surface area (Å²) in [5.41, 5.74) is 1.27. The van der Waals surface area contributed by atoms with Crippen LogP contribution in [0.25, 0.3) is 0 Å². The molecule has 1 aromatic rings. The van der Waals surface area contributed by atoms with Crippen molar-refractivity contribution in [2.45, 2.75) is 56.8 Å². The molecule has 0 spiro atoms. The molecule has 2 N–H and O–H groups in total. The van der Waals surface area contributed by atoms with E-state index in [-0.39, 0.29) is 29.4 Å². The molecule has 2 bridgehead atoms. The molecule has 3 rings (SSSR count). The number of halogens is 1. The van der Waals surface area contributed by atoms with Crippen LogP contribution >= 0.6 is 24.0 Å². The van der Waals surface area contributed by atoms with Crippen molar-refractivity contribution in [2.24, 2.45) is 4.99 Å². The predicted octanol–water partition coefficient (Wildman–Crippen LogP) is 3.08. The largest absolute Gasteiger partial charge is 0.497 e. The first-order chi connectivity index (χ1) is 11.5. The van der Waals surface area contributed by atoms with Crippen molar-refractivity contribution in [1.82, 2.24) is 10.6 Å². The highest BCUT2D eigenvalue weighted by Gasteiger charge is 2.41. The number of guanidine groups is 1. The van der Waals surface area contributed by atoms with Crippen molar-refractivity contribution < 1.29 is 9.47 Å². The molecule has 140 valence electrons. The van der Waals surface area contributed by atoms with Crippen LogP contribution in [0.3, 0.4) is 0 Å². The van der Waals surface area contributed by atoms with Gasteiger partial charge in [0.15, 0.2) is 5.96 Å². The van der Waals surface area contributed by atoms with Crippen LogP contribution in [-0.2, 0) is 10.2 Å². The average molecular weight is 459 g/mol. The summed E-state index contributed by atoms with van der Waals surface area (Å²) in [5.74, 6) is 1.74. The van der Waals surface area contributed by atoms with E-state index in [1.54, 1.807) is 7.11 Å². The van der Waals surface area contributed by atoms with Gasteiger partial charge in [-0.3, -0.25) is 4.99 Å². The third kappa shape index (κ3) is 4.78. The van der Waals surface area contributed by atoms with Crippen molar-refractivity contribution in [3.05, 3.63) is 29.8 Å². The Bertz CT molecular complexity index is 589. The van der Waals surface area contributed by atoms with Gasteiger partial charge in [-0.05, 0) is 37.0 Å². The number of methoxy groups -OCH3 is 1. The highest BCUT2D eigenvalue weighted by Crippen LogP contribution is 2.34. The maximum Gasteiger partial charge on any atom is 0.191 e. The van der Waals surface area contributed by atoms with E-state index in [4.69, 9.17) is 9.47 Å². The minimum Gasteiger partial charge on any atom is -0.497 e. The molecule has 2 aliphatic rings. The van der Waals surface area contributed by atoms with E-state index in [0.29, 0.717) is 18.2 Å². The number of rotatable bonds is 5. The van der Waals surface area contributed by atoms with Crippen LogP contribution in [0.2, 0.25) is 0 Å². The molecule has 1 aromatic carbocycles. The third-order valence-corrected chi connectivity index (χ3v) is 5.22. The Labute approximate surface area is 168 Å². The Morgan fingerprint density at radius 1 is 1.28 bits per heavy atom. The Kier molecular flexibility index (Phi) is 6.96. The van der Waals surface area contributed by atoms with Crippen LogP contribution in [0.1, 0.15) is 38.7 Å². The summed E-state index contributed by atoms with van der Waals surface area (Å²) in [6, 6.07) is 8.66. The summed E-state index contributed by atoms with van der Waals surface area (Å²) < 4.78 is 11.1. The lowest BCUT2D eigenvalue weighted by Crippen LogP contribution is -2.49. The fraction of sp³-hybridized carbons (Fsp3) is 0.632. The Morgan fingerprint density at radius 2 is 2.00 bits per heavy atom. The van der Waals surface area contributed by atoms with Gasteiger partial charge in [0.05, 0.1) is 25.4 Å². The second kappa shape index (κ2) is 8.58. The molecule has 6 heteroatoms. The number of ether oxygens (including phenoxy) is 2. The van der Waals surface area contributed by atoms with Crippen LogP contribution in [0.5, 0.6) is 5.75 Å². The lowest BCUT2D eigenvalue weighted by molar-refractivity contribution is 0.0992. The summed E-state index contributed by atoms with van der Waals surface area (Å²) in [6.45, 7) is 5.27. The van der Waals surface area contributed by atoms with E-state index in [9.17, 15) is 0 Å². The molecule has 2 saturated heterocycles. The van der Waals surface area contributed by atoms with E-state index >= 15 is 0 Å². The summed E-state index contributed by atoms with van der Waals surface area (Å²) in [5, 5.41) is 7.01. The second-order valence-corrected chi connectivity index (χ2v) is 7.40. The minimum atomic E-state index is -0.00489. The quantitative estimate of drug-likeness (QED) is 0.404. The van der Waals surface area contributed by atoms with E-state index in [1.807, 2.05) is 19.2 Å². The molecule has 0 radical (unpaired) electrons. The molecule has 3 atom stereocenters. The summed E-state index contributed by atoms with van der Waals surface area (Å²) >= 11 is 0. The van der Waals surface area contributed by atoms with Gasteiger partial charge in [0, 0.05) is 19.0 Å². The van der Waals surface area contributed by atoms with Gasteiger partial charge < -0.3 is 20.1 Å². The van der Waals surface area contributed by atoms with Crippen LogP contribution in [0, 0.1) is 0 Å². The van der Waals surface area contributed by atoms with Gasteiger partial charge in [-0.2, -0.15) is 0 Å². The minimum absolute atomic E-state index is 0. The predicted molar refractivity (Wildman–Crippen MR) is 112 cm³/mol. The lowest BCUT2D eigenvalue weighted by Gasteiger charge is -2.28. The van der Waals surface area contributed by atoms with Gasteiger partial charge >= 0.3 is 0 Å². The van der Waals surface area contributed by atoms with Crippen molar-refractivity contribution in [3.8, 4) is 5.75 Å². The first-order valence-corrected chi connectivity index (χ1v) is 8.79. The zero-order valence-electron chi connectivity index (χ0n) is 15.5. The van der Waals surface area contributed by atoms with Gasteiger partial charge in [-0.15, -0.1) is 24.0 Å². The smallest absolute Gasteiger partial charge is 0.191 e. The molecular weight excluding hydrogens is 429 g/mol. The van der Waals surface area contributed by atoms with E-state index in [2.05, 4.69) is 41.6 Å². The Balaban J connectivity index is 0.00000225. The van der Waals surface area contributed by atoms with Crippen LogP contribution in [0.4, 0.5) is 0 Å². The highest BCUT2D eigenvalue weighted by atomic mass is 127. The van der Waals surface area contributed by atoms with Crippen molar-refractivity contribution >= 4 is 29.9 Å². The number of aliphatic imine (C=N–C) groups is 1. The van der Waals surface area contributed by atoms with E-state index in [1.165, 1.54) is 12.0 Å². The molecule has 0 saturated carbocycles. The lowest BCUT2D eigenvalue weighted by atomic mass is 9.84. The van der Waals surface area contributed by atoms with Gasteiger partial charge in [-0.25, -0.2) is 0 Å². The molecule has 0 amide bonds. The Hall–Kier alpha value is -1.02.